The topological polar surface area (TPSA) is 107 Å². The Labute approximate surface area is 112 Å². The Morgan fingerprint density at radius 2 is 2.33 bits per heavy atom. The molecule has 0 aliphatic heterocycles. The van der Waals surface area contributed by atoms with Gasteiger partial charge in [0.25, 0.3) is 0 Å². The number of aliphatic carboxylic acids is 1. The molecule has 0 fully saturated rings. The molecule has 98 valence electrons. The molecular weight excluding hydrogens is 304 g/mol. The van der Waals surface area contributed by atoms with Crippen molar-refractivity contribution in [2.24, 2.45) is 0 Å². The molecule has 0 aromatic carbocycles. The second-order valence-corrected chi connectivity index (χ2v) is 4.64. The summed E-state index contributed by atoms with van der Waals surface area (Å²) in [4.78, 5) is 29.0. The van der Waals surface area contributed by atoms with Crippen LogP contribution in [0.25, 0.3) is 0 Å². The van der Waals surface area contributed by atoms with Gasteiger partial charge in [0.1, 0.15) is 6.04 Å². The Bertz CT molecular complexity index is 432. The Balaban J connectivity index is 2.50. The van der Waals surface area contributed by atoms with E-state index in [1.807, 2.05) is 0 Å². The number of hydrogen-bond acceptors (Lipinski definition) is 3. The van der Waals surface area contributed by atoms with Gasteiger partial charge in [-0.05, 0) is 0 Å². The lowest BCUT2D eigenvalue weighted by Gasteiger charge is -2.14. The first-order chi connectivity index (χ1) is 8.49. The number of nitrogens with zero attached hydrogens (tertiary/aromatic N) is 1. The molecule has 0 saturated heterocycles. The summed E-state index contributed by atoms with van der Waals surface area (Å²) in [7, 11) is 0. The SMILES string of the molecule is C=C(Br)CNC(=O)NC(Cc1cnc[nH]1)C(=O)O. The van der Waals surface area contributed by atoms with Crippen LogP contribution in [0.5, 0.6) is 0 Å². The normalized spacial score (nSPS) is 11.6. The van der Waals surface area contributed by atoms with Crippen LogP contribution in [-0.4, -0.2) is 39.7 Å². The molecule has 18 heavy (non-hydrogen) atoms. The van der Waals surface area contributed by atoms with E-state index in [1.165, 1.54) is 12.5 Å². The van der Waals surface area contributed by atoms with Crippen LogP contribution in [0.15, 0.2) is 23.6 Å². The fraction of sp³-hybridized carbons (Fsp3) is 0.300. The summed E-state index contributed by atoms with van der Waals surface area (Å²) in [6.07, 6.45) is 3.09. The van der Waals surface area contributed by atoms with Crippen LogP contribution in [0.2, 0.25) is 0 Å². The quantitative estimate of drug-likeness (QED) is 0.617. The lowest BCUT2D eigenvalue weighted by atomic mass is 10.2. The summed E-state index contributed by atoms with van der Waals surface area (Å²) in [5, 5.41) is 13.8. The van der Waals surface area contributed by atoms with Crippen molar-refractivity contribution in [3.05, 3.63) is 29.3 Å². The van der Waals surface area contributed by atoms with Crippen molar-refractivity contribution in [1.29, 1.82) is 0 Å². The number of aromatic nitrogens is 2. The largest absolute Gasteiger partial charge is 0.480 e. The number of halogens is 1. The number of urea groups is 1. The van der Waals surface area contributed by atoms with Crippen LogP contribution in [-0.2, 0) is 11.2 Å². The molecule has 4 N–H and O–H groups in total. The molecule has 1 atom stereocenters. The number of imidazole rings is 1. The van der Waals surface area contributed by atoms with Crippen LogP contribution in [0.4, 0.5) is 4.79 Å². The highest BCUT2D eigenvalue weighted by Gasteiger charge is 2.20. The third-order valence-corrected chi connectivity index (χ3v) is 2.30. The van der Waals surface area contributed by atoms with Gasteiger partial charge >= 0.3 is 12.0 Å². The maximum Gasteiger partial charge on any atom is 0.326 e. The van der Waals surface area contributed by atoms with Crippen molar-refractivity contribution in [3.8, 4) is 0 Å². The van der Waals surface area contributed by atoms with Gasteiger partial charge in [0, 0.05) is 22.8 Å². The monoisotopic (exact) mass is 316 g/mol. The summed E-state index contributed by atoms with van der Waals surface area (Å²) < 4.78 is 0.595. The van der Waals surface area contributed by atoms with Gasteiger partial charge < -0.3 is 20.7 Å². The molecule has 0 saturated carbocycles. The Morgan fingerprint density at radius 3 is 2.83 bits per heavy atom. The number of carbonyl (C=O) groups is 2. The maximum absolute atomic E-state index is 11.4. The lowest BCUT2D eigenvalue weighted by Crippen LogP contribution is -2.47. The van der Waals surface area contributed by atoms with E-state index in [2.05, 4.69) is 43.1 Å². The number of nitrogens with one attached hydrogen (secondary N) is 3. The van der Waals surface area contributed by atoms with E-state index in [0.29, 0.717) is 10.2 Å². The first kappa shape index (κ1) is 14.2. The third-order valence-electron chi connectivity index (χ3n) is 2.02. The lowest BCUT2D eigenvalue weighted by molar-refractivity contribution is -0.139. The Morgan fingerprint density at radius 1 is 1.61 bits per heavy atom. The van der Waals surface area contributed by atoms with E-state index in [0.717, 1.165) is 0 Å². The molecule has 1 aromatic heterocycles. The number of hydrogen-bond donors (Lipinski definition) is 4. The minimum atomic E-state index is -1.11. The number of H-pyrrole nitrogens is 1. The molecule has 0 radical (unpaired) electrons. The van der Waals surface area contributed by atoms with Gasteiger partial charge in [0.15, 0.2) is 0 Å². The summed E-state index contributed by atoms with van der Waals surface area (Å²) in [5.74, 6) is -1.11. The number of rotatable bonds is 6. The number of amides is 2. The zero-order valence-corrected chi connectivity index (χ0v) is 11.0. The molecule has 8 heteroatoms. The predicted octanol–water partition coefficient (Wildman–Crippen LogP) is 0.613. The molecule has 7 nitrogen and oxygen atoms in total. The summed E-state index contributed by atoms with van der Waals surface area (Å²) in [5.41, 5.74) is 0.632. The zero-order valence-electron chi connectivity index (χ0n) is 9.44. The highest BCUT2D eigenvalue weighted by Crippen LogP contribution is 1.99. The van der Waals surface area contributed by atoms with E-state index in [-0.39, 0.29) is 13.0 Å². The standard InChI is InChI=1S/C10H13BrN4O3/c1-6(11)3-13-10(18)15-8(9(16)17)2-7-4-12-5-14-7/h4-5,8H,1-3H2,(H,12,14)(H,16,17)(H2,13,15,18). The van der Waals surface area contributed by atoms with E-state index in [9.17, 15) is 9.59 Å². The average Bonchev–Trinajstić information content (AvgIpc) is 2.78. The first-order valence-electron chi connectivity index (χ1n) is 5.06. The van der Waals surface area contributed by atoms with Crippen molar-refractivity contribution in [2.45, 2.75) is 12.5 Å². The van der Waals surface area contributed by atoms with Crippen molar-refractivity contribution < 1.29 is 14.7 Å². The molecule has 0 bridgehead atoms. The van der Waals surface area contributed by atoms with Crippen LogP contribution in [0, 0.1) is 0 Å². The van der Waals surface area contributed by atoms with Gasteiger partial charge in [0.05, 0.1) is 12.9 Å². The molecule has 1 rings (SSSR count). The van der Waals surface area contributed by atoms with E-state index >= 15 is 0 Å². The molecular formula is C10H13BrN4O3. The molecule has 1 aromatic rings. The smallest absolute Gasteiger partial charge is 0.326 e. The van der Waals surface area contributed by atoms with E-state index < -0.39 is 18.0 Å². The Hall–Kier alpha value is -1.83. The minimum Gasteiger partial charge on any atom is -0.480 e. The molecule has 1 heterocycles. The fourth-order valence-corrected chi connectivity index (χ4v) is 1.34. The number of carboxylic acid groups (broad SMARTS) is 1. The second kappa shape index (κ2) is 6.80. The molecule has 1 unspecified atom stereocenters. The Kier molecular flexibility index (Phi) is 5.37. The number of aromatic amines is 1. The zero-order chi connectivity index (χ0) is 13.5. The maximum atomic E-state index is 11.4. The van der Waals surface area contributed by atoms with Crippen molar-refractivity contribution >= 4 is 27.9 Å². The third kappa shape index (κ3) is 5.00. The van der Waals surface area contributed by atoms with Gasteiger partial charge in [-0.2, -0.15) is 0 Å². The minimum absolute atomic E-state index is 0.137. The van der Waals surface area contributed by atoms with Gasteiger partial charge in [0.2, 0.25) is 0 Å². The highest BCUT2D eigenvalue weighted by atomic mass is 79.9. The summed E-state index contributed by atoms with van der Waals surface area (Å²) >= 11 is 3.08. The van der Waals surface area contributed by atoms with Crippen molar-refractivity contribution in [1.82, 2.24) is 20.6 Å². The van der Waals surface area contributed by atoms with Crippen LogP contribution in [0.3, 0.4) is 0 Å². The molecule has 0 aliphatic rings. The van der Waals surface area contributed by atoms with Gasteiger partial charge in [-0.1, -0.05) is 22.5 Å². The van der Waals surface area contributed by atoms with E-state index in [1.54, 1.807) is 0 Å². The fourth-order valence-electron chi connectivity index (χ4n) is 1.20. The average molecular weight is 317 g/mol. The summed E-state index contributed by atoms with van der Waals surface area (Å²) in [6.45, 7) is 3.77. The van der Waals surface area contributed by atoms with Crippen LogP contribution >= 0.6 is 15.9 Å². The molecule has 0 aliphatic carbocycles. The van der Waals surface area contributed by atoms with Crippen molar-refractivity contribution in [3.63, 3.8) is 0 Å². The van der Waals surface area contributed by atoms with Crippen LogP contribution in [0.1, 0.15) is 5.69 Å². The number of carboxylic acids is 1. The van der Waals surface area contributed by atoms with Crippen molar-refractivity contribution in [2.75, 3.05) is 6.54 Å². The summed E-state index contributed by atoms with van der Waals surface area (Å²) in [6, 6.07) is -1.59. The second-order valence-electron chi connectivity index (χ2n) is 3.52. The molecule has 2 amide bonds. The van der Waals surface area contributed by atoms with Gasteiger partial charge in [-0.25, -0.2) is 14.6 Å². The molecule has 0 spiro atoms. The first-order valence-corrected chi connectivity index (χ1v) is 5.86. The highest BCUT2D eigenvalue weighted by molar-refractivity contribution is 9.11. The predicted molar refractivity (Wildman–Crippen MR) is 68.3 cm³/mol. The van der Waals surface area contributed by atoms with Gasteiger partial charge in [-0.3, -0.25) is 0 Å². The number of carbonyl (C=O) groups excluding carboxylic acids is 1. The van der Waals surface area contributed by atoms with Crippen LogP contribution < -0.4 is 10.6 Å². The van der Waals surface area contributed by atoms with E-state index in [4.69, 9.17) is 5.11 Å². The van der Waals surface area contributed by atoms with Gasteiger partial charge in [-0.15, -0.1) is 0 Å².